The second-order valence-electron chi connectivity index (χ2n) is 5.59. The van der Waals surface area contributed by atoms with E-state index in [4.69, 9.17) is 5.11 Å². The molecular formula is C15H24N2O. The molecule has 1 aliphatic rings. The lowest BCUT2D eigenvalue weighted by Gasteiger charge is -2.21. The highest BCUT2D eigenvalue weighted by Crippen LogP contribution is 2.16. The molecule has 2 rings (SSSR count). The predicted octanol–water partition coefficient (Wildman–Crippen LogP) is 1.56. The molecule has 1 N–H and O–H groups in total. The van der Waals surface area contributed by atoms with E-state index in [-0.39, 0.29) is 6.61 Å². The van der Waals surface area contributed by atoms with Crippen LogP contribution in [0.5, 0.6) is 0 Å². The van der Waals surface area contributed by atoms with Crippen molar-refractivity contribution >= 4 is 0 Å². The number of aliphatic hydroxyl groups excluding tert-OH is 1. The second-order valence-corrected chi connectivity index (χ2v) is 5.59. The summed E-state index contributed by atoms with van der Waals surface area (Å²) >= 11 is 0. The van der Waals surface area contributed by atoms with Crippen LogP contribution in [0, 0.1) is 5.92 Å². The summed E-state index contributed by atoms with van der Waals surface area (Å²) in [5.41, 5.74) is 2.31. The molecule has 0 amide bonds. The third-order valence-electron chi connectivity index (χ3n) is 3.72. The summed E-state index contributed by atoms with van der Waals surface area (Å²) in [5.74, 6) is 0.816. The van der Waals surface area contributed by atoms with E-state index >= 15 is 0 Å². The maximum Gasteiger partial charge on any atom is 0.0681 e. The van der Waals surface area contributed by atoms with Crippen molar-refractivity contribution in [2.75, 3.05) is 33.7 Å². The molecule has 0 spiro atoms. The summed E-state index contributed by atoms with van der Waals surface area (Å²) in [4.78, 5) is 4.81. The Kier molecular flexibility index (Phi) is 4.75. The lowest BCUT2D eigenvalue weighted by Crippen LogP contribution is -2.27. The Labute approximate surface area is 110 Å². The normalized spacial score (nSPS) is 20.8. The van der Waals surface area contributed by atoms with E-state index in [2.05, 4.69) is 36.0 Å². The fraction of sp³-hybridized carbons (Fsp3) is 0.600. The Morgan fingerprint density at radius 3 is 2.50 bits per heavy atom. The monoisotopic (exact) mass is 248 g/mol. The van der Waals surface area contributed by atoms with E-state index in [0.29, 0.717) is 0 Å². The van der Waals surface area contributed by atoms with Crippen molar-refractivity contribution < 1.29 is 5.11 Å². The highest BCUT2D eigenvalue weighted by molar-refractivity contribution is 5.21. The SMILES string of the molecule is CN1CCC(CN(C)Cc2ccc(CO)cc2)C1. The molecule has 100 valence electrons. The van der Waals surface area contributed by atoms with Gasteiger partial charge in [-0.25, -0.2) is 0 Å². The van der Waals surface area contributed by atoms with Crippen molar-refractivity contribution in [3.8, 4) is 0 Å². The molecule has 0 bridgehead atoms. The average molecular weight is 248 g/mol. The van der Waals surface area contributed by atoms with Crippen molar-refractivity contribution in [3.05, 3.63) is 35.4 Å². The Morgan fingerprint density at radius 2 is 1.94 bits per heavy atom. The first-order valence-electron chi connectivity index (χ1n) is 6.73. The van der Waals surface area contributed by atoms with Crippen LogP contribution in [0.3, 0.4) is 0 Å². The molecule has 0 aliphatic carbocycles. The van der Waals surface area contributed by atoms with Crippen LogP contribution in [0.4, 0.5) is 0 Å². The minimum absolute atomic E-state index is 0.129. The Hall–Kier alpha value is -0.900. The highest BCUT2D eigenvalue weighted by Gasteiger charge is 2.20. The number of hydrogen-bond donors (Lipinski definition) is 1. The van der Waals surface area contributed by atoms with Crippen LogP contribution < -0.4 is 0 Å². The van der Waals surface area contributed by atoms with E-state index in [0.717, 1.165) is 18.0 Å². The molecule has 3 nitrogen and oxygen atoms in total. The van der Waals surface area contributed by atoms with Gasteiger partial charge >= 0.3 is 0 Å². The third-order valence-corrected chi connectivity index (χ3v) is 3.72. The summed E-state index contributed by atoms with van der Waals surface area (Å²) in [6.07, 6.45) is 1.32. The fourth-order valence-electron chi connectivity index (χ4n) is 2.74. The lowest BCUT2D eigenvalue weighted by atomic mass is 10.1. The zero-order valence-corrected chi connectivity index (χ0v) is 11.5. The molecular weight excluding hydrogens is 224 g/mol. The average Bonchev–Trinajstić information content (AvgIpc) is 2.75. The summed E-state index contributed by atoms with van der Waals surface area (Å²) in [5, 5.41) is 9.01. The smallest absolute Gasteiger partial charge is 0.0681 e. The Bertz CT molecular complexity index is 363. The van der Waals surface area contributed by atoms with E-state index in [1.807, 2.05) is 12.1 Å². The zero-order valence-electron chi connectivity index (χ0n) is 11.5. The molecule has 1 unspecified atom stereocenters. The van der Waals surface area contributed by atoms with Gasteiger partial charge in [-0.05, 0) is 44.1 Å². The van der Waals surface area contributed by atoms with Crippen LogP contribution in [0.25, 0.3) is 0 Å². The molecule has 3 heteroatoms. The standard InChI is InChI=1S/C15H24N2O/c1-16-8-7-15(10-16)11-17(2)9-13-3-5-14(12-18)6-4-13/h3-6,15,18H,7-12H2,1-2H3. The highest BCUT2D eigenvalue weighted by atomic mass is 16.3. The molecule has 18 heavy (non-hydrogen) atoms. The molecule has 1 heterocycles. The molecule has 1 saturated heterocycles. The number of nitrogens with zero attached hydrogens (tertiary/aromatic N) is 2. The number of hydrogen-bond acceptors (Lipinski definition) is 3. The van der Waals surface area contributed by atoms with Crippen molar-refractivity contribution in [1.82, 2.24) is 9.80 Å². The molecule has 1 aliphatic heterocycles. The molecule has 1 aromatic rings. The maximum absolute atomic E-state index is 9.01. The largest absolute Gasteiger partial charge is 0.392 e. The molecule has 1 aromatic carbocycles. The van der Waals surface area contributed by atoms with Gasteiger partial charge in [0.25, 0.3) is 0 Å². The molecule has 0 radical (unpaired) electrons. The van der Waals surface area contributed by atoms with Crippen LogP contribution >= 0.6 is 0 Å². The van der Waals surface area contributed by atoms with Gasteiger partial charge in [-0.3, -0.25) is 0 Å². The first-order chi connectivity index (χ1) is 8.67. The molecule has 0 aromatic heterocycles. The van der Waals surface area contributed by atoms with Gasteiger partial charge in [0.2, 0.25) is 0 Å². The Balaban J connectivity index is 1.80. The van der Waals surface area contributed by atoms with Gasteiger partial charge in [0.05, 0.1) is 6.61 Å². The number of rotatable bonds is 5. The van der Waals surface area contributed by atoms with Gasteiger partial charge in [0.1, 0.15) is 0 Å². The first-order valence-corrected chi connectivity index (χ1v) is 6.73. The number of likely N-dealkylation sites (tertiary alicyclic amines) is 1. The van der Waals surface area contributed by atoms with E-state index in [1.165, 1.54) is 31.6 Å². The second kappa shape index (κ2) is 6.32. The fourth-order valence-corrected chi connectivity index (χ4v) is 2.74. The van der Waals surface area contributed by atoms with Crippen LogP contribution in [-0.2, 0) is 13.2 Å². The lowest BCUT2D eigenvalue weighted by molar-refractivity contribution is 0.267. The van der Waals surface area contributed by atoms with Crippen molar-refractivity contribution in [1.29, 1.82) is 0 Å². The van der Waals surface area contributed by atoms with Crippen molar-refractivity contribution in [2.24, 2.45) is 5.92 Å². The van der Waals surface area contributed by atoms with Gasteiger partial charge in [0.15, 0.2) is 0 Å². The van der Waals surface area contributed by atoms with Crippen LogP contribution in [-0.4, -0.2) is 48.6 Å². The minimum atomic E-state index is 0.129. The molecule has 1 fully saturated rings. The Morgan fingerprint density at radius 1 is 1.28 bits per heavy atom. The zero-order chi connectivity index (χ0) is 13.0. The summed E-state index contributed by atoms with van der Waals surface area (Å²) in [6, 6.07) is 8.24. The van der Waals surface area contributed by atoms with Gasteiger partial charge < -0.3 is 14.9 Å². The summed E-state index contributed by atoms with van der Waals surface area (Å²) in [7, 11) is 4.39. The van der Waals surface area contributed by atoms with E-state index in [9.17, 15) is 0 Å². The third kappa shape index (κ3) is 3.80. The van der Waals surface area contributed by atoms with Gasteiger partial charge in [-0.2, -0.15) is 0 Å². The van der Waals surface area contributed by atoms with Crippen LogP contribution in [0.15, 0.2) is 24.3 Å². The minimum Gasteiger partial charge on any atom is -0.392 e. The number of aliphatic hydroxyl groups is 1. The first kappa shape index (κ1) is 13.5. The quantitative estimate of drug-likeness (QED) is 0.856. The maximum atomic E-state index is 9.01. The van der Waals surface area contributed by atoms with Gasteiger partial charge in [-0.1, -0.05) is 24.3 Å². The molecule has 1 atom stereocenters. The summed E-state index contributed by atoms with van der Waals surface area (Å²) < 4.78 is 0. The number of benzene rings is 1. The van der Waals surface area contributed by atoms with Crippen LogP contribution in [0.2, 0.25) is 0 Å². The van der Waals surface area contributed by atoms with Crippen LogP contribution in [0.1, 0.15) is 17.5 Å². The topological polar surface area (TPSA) is 26.7 Å². The van der Waals surface area contributed by atoms with E-state index in [1.54, 1.807) is 0 Å². The predicted molar refractivity (Wildman–Crippen MR) is 74.3 cm³/mol. The van der Waals surface area contributed by atoms with Crippen molar-refractivity contribution in [2.45, 2.75) is 19.6 Å². The van der Waals surface area contributed by atoms with Gasteiger partial charge in [-0.15, -0.1) is 0 Å². The summed E-state index contributed by atoms with van der Waals surface area (Å²) in [6.45, 7) is 4.76. The van der Waals surface area contributed by atoms with E-state index < -0.39 is 0 Å². The van der Waals surface area contributed by atoms with Gasteiger partial charge in [0, 0.05) is 19.6 Å². The van der Waals surface area contributed by atoms with Crippen molar-refractivity contribution in [3.63, 3.8) is 0 Å². The molecule has 0 saturated carbocycles.